The Morgan fingerprint density at radius 2 is 1.95 bits per heavy atom. The molecule has 19 heavy (non-hydrogen) atoms. The monoisotopic (exact) mass is 259 g/mol. The Kier molecular flexibility index (Phi) is 5.19. The number of likely N-dealkylation sites (N-methyl/N-ethyl adjacent to an activating group) is 1. The summed E-state index contributed by atoms with van der Waals surface area (Å²) in [4.78, 5) is 0. The molecule has 1 unspecified atom stereocenters. The lowest BCUT2D eigenvalue weighted by Gasteiger charge is -2.18. The fourth-order valence-electron chi connectivity index (χ4n) is 2.20. The molecule has 3 heteroatoms. The topological polar surface area (TPSA) is 41.5 Å². The van der Waals surface area contributed by atoms with E-state index in [4.69, 9.17) is 9.84 Å². The van der Waals surface area contributed by atoms with Gasteiger partial charge >= 0.3 is 0 Å². The van der Waals surface area contributed by atoms with Crippen LogP contribution >= 0.6 is 0 Å². The summed E-state index contributed by atoms with van der Waals surface area (Å²) in [5.74, 6) is 0.902. The van der Waals surface area contributed by atoms with Gasteiger partial charge in [-0.2, -0.15) is 0 Å². The van der Waals surface area contributed by atoms with E-state index in [0.29, 0.717) is 13.0 Å². The Hall–Kier alpha value is -1.58. The minimum Gasteiger partial charge on any atom is -0.491 e. The second-order valence-electron chi connectivity index (χ2n) is 4.56. The minimum absolute atomic E-state index is 0.177. The van der Waals surface area contributed by atoms with E-state index in [1.54, 1.807) is 0 Å². The Morgan fingerprint density at radius 3 is 2.74 bits per heavy atom. The van der Waals surface area contributed by atoms with Crippen LogP contribution in [0.1, 0.15) is 13.3 Å². The SMILES string of the molecule is CCNC(CCO)COc1cccc2ccccc12. The molecule has 3 nitrogen and oxygen atoms in total. The summed E-state index contributed by atoms with van der Waals surface area (Å²) in [5.41, 5.74) is 0. The number of hydrogen-bond acceptors (Lipinski definition) is 3. The molecular formula is C16H21NO2. The number of benzene rings is 2. The Balaban J connectivity index is 2.08. The third kappa shape index (κ3) is 3.69. The summed E-state index contributed by atoms with van der Waals surface area (Å²) < 4.78 is 5.91. The highest BCUT2D eigenvalue weighted by molar-refractivity contribution is 5.88. The van der Waals surface area contributed by atoms with Crippen molar-refractivity contribution in [2.45, 2.75) is 19.4 Å². The van der Waals surface area contributed by atoms with Crippen molar-refractivity contribution in [2.24, 2.45) is 0 Å². The zero-order chi connectivity index (χ0) is 13.5. The zero-order valence-corrected chi connectivity index (χ0v) is 11.3. The first-order valence-electron chi connectivity index (χ1n) is 6.80. The maximum Gasteiger partial charge on any atom is 0.127 e. The van der Waals surface area contributed by atoms with Gasteiger partial charge in [0.2, 0.25) is 0 Å². The van der Waals surface area contributed by atoms with Crippen molar-refractivity contribution in [3.05, 3.63) is 42.5 Å². The molecule has 1 atom stereocenters. The summed E-state index contributed by atoms with van der Waals surface area (Å²) in [6.07, 6.45) is 0.707. The maximum atomic E-state index is 9.04. The molecule has 0 bridgehead atoms. The standard InChI is InChI=1S/C16H21NO2/c1-2-17-14(10-11-18)12-19-16-9-5-7-13-6-3-4-8-15(13)16/h3-9,14,17-18H,2,10-12H2,1H3. The van der Waals surface area contributed by atoms with Gasteiger partial charge in [0.25, 0.3) is 0 Å². The van der Waals surface area contributed by atoms with E-state index in [-0.39, 0.29) is 12.6 Å². The molecule has 0 spiro atoms. The average Bonchev–Trinajstić information content (AvgIpc) is 2.45. The van der Waals surface area contributed by atoms with Crippen LogP contribution in [0.15, 0.2) is 42.5 Å². The van der Waals surface area contributed by atoms with Crippen LogP contribution in [0.5, 0.6) is 5.75 Å². The first-order chi connectivity index (χ1) is 9.35. The van der Waals surface area contributed by atoms with Crippen LogP contribution in [-0.4, -0.2) is 30.9 Å². The Bertz CT molecular complexity index is 502. The van der Waals surface area contributed by atoms with Crippen LogP contribution < -0.4 is 10.1 Å². The van der Waals surface area contributed by atoms with E-state index < -0.39 is 0 Å². The summed E-state index contributed by atoms with van der Waals surface area (Å²) in [5, 5.41) is 14.7. The molecule has 0 aliphatic carbocycles. The van der Waals surface area contributed by atoms with Crippen molar-refractivity contribution in [3.63, 3.8) is 0 Å². The molecule has 0 saturated carbocycles. The third-order valence-electron chi connectivity index (χ3n) is 3.16. The van der Waals surface area contributed by atoms with E-state index in [1.807, 2.05) is 24.3 Å². The van der Waals surface area contributed by atoms with Crippen molar-refractivity contribution in [3.8, 4) is 5.75 Å². The molecule has 2 aromatic rings. The van der Waals surface area contributed by atoms with Gasteiger partial charge in [0.1, 0.15) is 12.4 Å². The summed E-state index contributed by atoms with van der Waals surface area (Å²) in [6, 6.07) is 14.5. The number of fused-ring (bicyclic) bond motifs is 1. The van der Waals surface area contributed by atoms with Crippen molar-refractivity contribution in [2.75, 3.05) is 19.8 Å². The van der Waals surface area contributed by atoms with Crippen molar-refractivity contribution in [1.82, 2.24) is 5.32 Å². The van der Waals surface area contributed by atoms with Crippen LogP contribution in [0.2, 0.25) is 0 Å². The molecule has 0 saturated heterocycles. The number of aliphatic hydroxyl groups is 1. The Labute approximate surface area is 114 Å². The second-order valence-corrected chi connectivity index (χ2v) is 4.56. The van der Waals surface area contributed by atoms with Gasteiger partial charge in [0.15, 0.2) is 0 Å². The lowest BCUT2D eigenvalue weighted by atomic mass is 10.1. The molecule has 0 radical (unpaired) electrons. The predicted octanol–water partition coefficient (Wildman–Crippen LogP) is 2.58. The molecule has 2 N–H and O–H groups in total. The van der Waals surface area contributed by atoms with Gasteiger partial charge in [-0.3, -0.25) is 0 Å². The van der Waals surface area contributed by atoms with Gasteiger partial charge in [-0.05, 0) is 24.4 Å². The molecule has 0 fully saturated rings. The molecule has 102 valence electrons. The van der Waals surface area contributed by atoms with Crippen molar-refractivity contribution < 1.29 is 9.84 Å². The molecule has 0 aliphatic heterocycles. The summed E-state index contributed by atoms with van der Waals surface area (Å²) in [6.45, 7) is 3.69. The molecular weight excluding hydrogens is 238 g/mol. The van der Waals surface area contributed by atoms with E-state index in [1.165, 1.54) is 5.39 Å². The van der Waals surface area contributed by atoms with Gasteiger partial charge in [-0.1, -0.05) is 43.3 Å². The normalized spacial score (nSPS) is 12.5. The smallest absolute Gasteiger partial charge is 0.127 e. The van der Waals surface area contributed by atoms with E-state index in [0.717, 1.165) is 17.7 Å². The van der Waals surface area contributed by atoms with Gasteiger partial charge in [0.05, 0.1) is 0 Å². The summed E-state index contributed by atoms with van der Waals surface area (Å²) >= 11 is 0. The van der Waals surface area contributed by atoms with Gasteiger partial charge in [0, 0.05) is 18.0 Å². The van der Waals surface area contributed by atoms with E-state index in [2.05, 4.69) is 30.4 Å². The van der Waals surface area contributed by atoms with Crippen LogP contribution in [0, 0.1) is 0 Å². The lowest BCUT2D eigenvalue weighted by Crippen LogP contribution is -2.35. The lowest BCUT2D eigenvalue weighted by molar-refractivity contribution is 0.216. The van der Waals surface area contributed by atoms with Crippen molar-refractivity contribution in [1.29, 1.82) is 0 Å². The average molecular weight is 259 g/mol. The molecule has 0 aliphatic rings. The highest BCUT2D eigenvalue weighted by Gasteiger charge is 2.08. The fraction of sp³-hybridized carbons (Fsp3) is 0.375. The highest BCUT2D eigenvalue weighted by atomic mass is 16.5. The summed E-state index contributed by atoms with van der Waals surface area (Å²) in [7, 11) is 0. The fourth-order valence-corrected chi connectivity index (χ4v) is 2.20. The van der Waals surface area contributed by atoms with E-state index >= 15 is 0 Å². The maximum absolute atomic E-state index is 9.04. The molecule has 0 heterocycles. The number of nitrogens with one attached hydrogen (secondary N) is 1. The number of ether oxygens (including phenoxy) is 1. The first kappa shape index (κ1) is 13.8. The van der Waals surface area contributed by atoms with Gasteiger partial charge < -0.3 is 15.2 Å². The van der Waals surface area contributed by atoms with Gasteiger partial charge in [-0.25, -0.2) is 0 Å². The minimum atomic E-state index is 0.177. The van der Waals surface area contributed by atoms with E-state index in [9.17, 15) is 0 Å². The molecule has 0 aromatic heterocycles. The predicted molar refractivity (Wildman–Crippen MR) is 78.6 cm³/mol. The van der Waals surface area contributed by atoms with Crippen LogP contribution in [0.25, 0.3) is 10.8 Å². The molecule has 2 rings (SSSR count). The van der Waals surface area contributed by atoms with Crippen LogP contribution in [0.3, 0.4) is 0 Å². The number of rotatable bonds is 7. The largest absolute Gasteiger partial charge is 0.491 e. The Morgan fingerprint density at radius 1 is 1.16 bits per heavy atom. The first-order valence-corrected chi connectivity index (χ1v) is 6.80. The van der Waals surface area contributed by atoms with Crippen LogP contribution in [-0.2, 0) is 0 Å². The third-order valence-corrected chi connectivity index (χ3v) is 3.16. The van der Waals surface area contributed by atoms with Crippen molar-refractivity contribution >= 4 is 10.8 Å². The number of hydrogen-bond donors (Lipinski definition) is 2. The highest BCUT2D eigenvalue weighted by Crippen LogP contribution is 2.25. The quantitative estimate of drug-likeness (QED) is 0.803. The molecule has 2 aromatic carbocycles. The number of aliphatic hydroxyl groups excluding tert-OH is 1. The van der Waals surface area contributed by atoms with Gasteiger partial charge in [-0.15, -0.1) is 0 Å². The molecule has 0 amide bonds. The second kappa shape index (κ2) is 7.12. The van der Waals surface area contributed by atoms with Crippen LogP contribution in [0.4, 0.5) is 0 Å². The zero-order valence-electron chi connectivity index (χ0n) is 11.3.